The topological polar surface area (TPSA) is 75.2 Å². The molecule has 2 rings (SSSR count). The Morgan fingerprint density at radius 3 is 2.65 bits per heavy atom. The molecule has 1 amide bonds. The van der Waals surface area contributed by atoms with E-state index in [1.807, 2.05) is 0 Å². The van der Waals surface area contributed by atoms with Gasteiger partial charge in [0.2, 0.25) is 0 Å². The number of imidazole rings is 1. The number of carbonyl (C=O) groups excluding carboxylic acids is 1. The van der Waals surface area contributed by atoms with Crippen molar-refractivity contribution in [3.63, 3.8) is 0 Å². The molecule has 88 valence electrons. The summed E-state index contributed by atoms with van der Waals surface area (Å²) in [5.74, 6) is -1.28. The predicted octanol–water partition coefficient (Wildman–Crippen LogP) is 2.49. The summed E-state index contributed by atoms with van der Waals surface area (Å²) in [7, 11) is 0. The third kappa shape index (κ3) is 1.88. The van der Waals surface area contributed by atoms with Gasteiger partial charge in [-0.3, -0.25) is 4.79 Å². The summed E-state index contributed by atoms with van der Waals surface area (Å²) in [6.07, 6.45) is -3.48. The largest absolute Gasteiger partial charge is 0.416 e. The summed E-state index contributed by atoms with van der Waals surface area (Å²) in [5, 5.41) is 2.10. The molecule has 0 aliphatic carbocycles. The second-order valence-electron chi connectivity index (χ2n) is 3.22. The van der Waals surface area contributed by atoms with Crippen LogP contribution in [0.25, 0.3) is 11.0 Å². The van der Waals surface area contributed by atoms with Crippen LogP contribution in [0.1, 0.15) is 15.9 Å². The van der Waals surface area contributed by atoms with Gasteiger partial charge in [-0.1, -0.05) is 0 Å². The van der Waals surface area contributed by atoms with E-state index in [1.54, 1.807) is 0 Å². The van der Waals surface area contributed by atoms with Crippen LogP contribution in [0.4, 0.5) is 13.2 Å². The summed E-state index contributed by atoms with van der Waals surface area (Å²) < 4.78 is 37.5. The van der Waals surface area contributed by atoms with Gasteiger partial charge < -0.3 is 4.98 Å². The summed E-state index contributed by atoms with van der Waals surface area (Å²) in [4.78, 5) is 27.3. The van der Waals surface area contributed by atoms with Crippen molar-refractivity contribution in [1.29, 1.82) is 0 Å². The van der Waals surface area contributed by atoms with Crippen molar-refractivity contribution in [1.82, 2.24) is 9.97 Å². The SMILES string of the molecule is O=NC(=O)c1cc(C(F)(F)F)cc2[nH]cnc12. The average molecular weight is 243 g/mol. The minimum Gasteiger partial charge on any atom is -0.345 e. The smallest absolute Gasteiger partial charge is 0.345 e. The van der Waals surface area contributed by atoms with Crippen LogP contribution in [0.3, 0.4) is 0 Å². The van der Waals surface area contributed by atoms with Gasteiger partial charge in [-0.25, -0.2) is 4.98 Å². The summed E-state index contributed by atoms with van der Waals surface area (Å²) >= 11 is 0. The van der Waals surface area contributed by atoms with Gasteiger partial charge in [-0.2, -0.15) is 13.2 Å². The van der Waals surface area contributed by atoms with Crippen LogP contribution >= 0.6 is 0 Å². The number of alkyl halides is 3. The maximum atomic E-state index is 12.5. The zero-order valence-electron chi connectivity index (χ0n) is 8.08. The fourth-order valence-electron chi connectivity index (χ4n) is 1.43. The number of hydrogen-bond donors (Lipinski definition) is 1. The molecule has 8 heteroatoms. The van der Waals surface area contributed by atoms with Crippen LogP contribution in [0.2, 0.25) is 0 Å². The van der Waals surface area contributed by atoms with Crippen LogP contribution < -0.4 is 0 Å². The first-order chi connectivity index (χ1) is 7.93. The number of amides is 1. The number of fused-ring (bicyclic) bond motifs is 1. The number of carbonyl (C=O) groups is 1. The molecule has 0 saturated carbocycles. The van der Waals surface area contributed by atoms with E-state index in [2.05, 4.69) is 15.1 Å². The first-order valence-corrected chi connectivity index (χ1v) is 4.35. The van der Waals surface area contributed by atoms with Gasteiger partial charge in [0.15, 0.2) is 0 Å². The van der Waals surface area contributed by atoms with Crippen molar-refractivity contribution in [2.75, 3.05) is 0 Å². The normalized spacial score (nSPS) is 11.7. The molecule has 0 radical (unpaired) electrons. The molecule has 17 heavy (non-hydrogen) atoms. The Hall–Kier alpha value is -2.25. The van der Waals surface area contributed by atoms with E-state index in [-0.39, 0.29) is 11.0 Å². The third-order valence-electron chi connectivity index (χ3n) is 2.16. The molecule has 1 aromatic carbocycles. The molecule has 0 aliphatic heterocycles. The Balaban J connectivity index is 2.75. The lowest BCUT2D eigenvalue weighted by Gasteiger charge is -2.07. The maximum absolute atomic E-state index is 12.5. The van der Waals surface area contributed by atoms with Gasteiger partial charge in [-0.05, 0) is 12.1 Å². The molecule has 0 atom stereocenters. The third-order valence-corrected chi connectivity index (χ3v) is 2.16. The second-order valence-corrected chi connectivity index (χ2v) is 3.22. The Kier molecular flexibility index (Phi) is 2.41. The summed E-state index contributed by atoms with van der Waals surface area (Å²) in [5.41, 5.74) is -1.50. The van der Waals surface area contributed by atoms with E-state index in [0.717, 1.165) is 12.4 Å². The number of aromatic nitrogens is 2. The van der Waals surface area contributed by atoms with Gasteiger partial charge in [0.1, 0.15) is 5.52 Å². The van der Waals surface area contributed by atoms with Crippen molar-refractivity contribution in [2.45, 2.75) is 6.18 Å². The Labute approximate surface area is 91.6 Å². The molecule has 1 aromatic heterocycles. The van der Waals surface area contributed by atoms with Crippen LogP contribution in [-0.4, -0.2) is 15.9 Å². The first kappa shape index (κ1) is 11.2. The summed E-state index contributed by atoms with van der Waals surface area (Å²) in [6, 6.07) is 1.37. The molecule has 1 heterocycles. The van der Waals surface area contributed by atoms with Crippen LogP contribution in [0, 0.1) is 4.91 Å². The van der Waals surface area contributed by atoms with Gasteiger partial charge in [0, 0.05) is 5.18 Å². The van der Waals surface area contributed by atoms with Crippen molar-refractivity contribution >= 4 is 16.9 Å². The predicted molar refractivity (Wildman–Crippen MR) is 51.2 cm³/mol. The molecule has 1 N–H and O–H groups in total. The molecule has 0 saturated heterocycles. The van der Waals surface area contributed by atoms with E-state index in [0.29, 0.717) is 6.07 Å². The van der Waals surface area contributed by atoms with E-state index in [4.69, 9.17) is 0 Å². The number of H-pyrrole nitrogens is 1. The van der Waals surface area contributed by atoms with Crippen molar-refractivity contribution in [3.05, 3.63) is 34.5 Å². The number of benzene rings is 1. The van der Waals surface area contributed by atoms with Gasteiger partial charge in [0.25, 0.3) is 0 Å². The molecule has 2 aromatic rings. The fraction of sp³-hybridized carbons (Fsp3) is 0.111. The molecule has 0 spiro atoms. The maximum Gasteiger partial charge on any atom is 0.416 e. The Morgan fingerprint density at radius 1 is 1.35 bits per heavy atom. The molecule has 0 bridgehead atoms. The number of nitrogens with one attached hydrogen (secondary N) is 1. The van der Waals surface area contributed by atoms with Gasteiger partial charge in [-0.15, -0.1) is 4.91 Å². The number of nitroso groups, excluding NO2 is 1. The minimum atomic E-state index is -4.61. The van der Waals surface area contributed by atoms with E-state index < -0.39 is 23.2 Å². The van der Waals surface area contributed by atoms with Gasteiger partial charge in [0.05, 0.1) is 23.0 Å². The Morgan fingerprint density at radius 2 is 2.06 bits per heavy atom. The molecule has 5 nitrogen and oxygen atoms in total. The van der Waals surface area contributed by atoms with Crippen LogP contribution in [0.5, 0.6) is 0 Å². The number of hydrogen-bond acceptors (Lipinski definition) is 3. The highest BCUT2D eigenvalue weighted by atomic mass is 19.4. The van der Waals surface area contributed by atoms with E-state index in [9.17, 15) is 22.9 Å². The lowest BCUT2D eigenvalue weighted by molar-refractivity contribution is -0.137. The highest BCUT2D eigenvalue weighted by molar-refractivity contribution is 6.05. The van der Waals surface area contributed by atoms with Crippen molar-refractivity contribution < 1.29 is 18.0 Å². The molecule has 0 unspecified atom stereocenters. The average Bonchev–Trinajstić information content (AvgIpc) is 2.73. The van der Waals surface area contributed by atoms with Crippen LogP contribution in [0.15, 0.2) is 23.6 Å². The number of aromatic amines is 1. The number of halogens is 3. The molecular formula is C9H4F3N3O2. The number of rotatable bonds is 1. The van der Waals surface area contributed by atoms with Gasteiger partial charge >= 0.3 is 12.1 Å². The zero-order valence-corrected chi connectivity index (χ0v) is 8.08. The monoisotopic (exact) mass is 243 g/mol. The van der Waals surface area contributed by atoms with E-state index in [1.165, 1.54) is 0 Å². The quantitative estimate of drug-likeness (QED) is 0.781. The minimum absolute atomic E-state index is 0.0115. The highest BCUT2D eigenvalue weighted by Gasteiger charge is 2.32. The lowest BCUT2D eigenvalue weighted by Crippen LogP contribution is -2.07. The highest BCUT2D eigenvalue weighted by Crippen LogP contribution is 2.32. The first-order valence-electron chi connectivity index (χ1n) is 4.35. The molecule has 0 aliphatic rings. The van der Waals surface area contributed by atoms with E-state index >= 15 is 0 Å². The second kappa shape index (κ2) is 3.65. The van der Waals surface area contributed by atoms with Crippen molar-refractivity contribution in [3.8, 4) is 0 Å². The molecule has 0 fully saturated rings. The summed E-state index contributed by atoms with van der Waals surface area (Å²) in [6.45, 7) is 0. The molecular weight excluding hydrogens is 239 g/mol. The lowest BCUT2D eigenvalue weighted by atomic mass is 10.1. The Bertz CT molecular complexity index is 603. The van der Waals surface area contributed by atoms with Crippen LogP contribution in [-0.2, 0) is 6.18 Å². The van der Waals surface area contributed by atoms with Crippen molar-refractivity contribution in [2.24, 2.45) is 5.18 Å². The zero-order chi connectivity index (χ0) is 12.6. The standard InChI is InChI=1S/C9H4F3N3O2/c10-9(11,12)4-1-5(8(16)15-17)7-6(2-4)13-3-14-7/h1-3H,(H,13,14). The fourth-order valence-corrected chi connectivity index (χ4v) is 1.43. The number of nitrogens with zero attached hydrogens (tertiary/aromatic N) is 2.